The number of likely N-dealkylation sites (N-methyl/N-ethyl adjacent to an activating group) is 1. The molecule has 1 aromatic carbocycles. The zero-order chi connectivity index (χ0) is 13.3. The molecule has 4 heteroatoms. The maximum Gasteiger partial charge on any atom is 0.181 e. The predicted octanol–water partition coefficient (Wildman–Crippen LogP) is 2.61. The van der Waals surface area contributed by atoms with E-state index in [1.165, 1.54) is 12.0 Å². The minimum atomic E-state index is -0.0519. The molecule has 0 saturated heterocycles. The lowest BCUT2D eigenvalue weighted by Crippen LogP contribution is -2.28. The van der Waals surface area contributed by atoms with E-state index in [2.05, 4.69) is 29.1 Å². The van der Waals surface area contributed by atoms with Crippen LogP contribution in [-0.4, -0.2) is 30.0 Å². The summed E-state index contributed by atoms with van der Waals surface area (Å²) >= 11 is 0. The number of oxazole rings is 1. The van der Waals surface area contributed by atoms with Crippen molar-refractivity contribution in [3.8, 4) is 6.07 Å². The van der Waals surface area contributed by atoms with Crippen LogP contribution in [0.3, 0.4) is 0 Å². The molecule has 0 unspecified atom stereocenters. The van der Waals surface area contributed by atoms with E-state index in [1.54, 1.807) is 0 Å². The molecule has 19 heavy (non-hydrogen) atoms. The monoisotopic (exact) mass is 255 g/mol. The van der Waals surface area contributed by atoms with Gasteiger partial charge in [-0.05, 0) is 44.0 Å². The average Bonchev–Trinajstić information content (AvgIpc) is 3.03. The Hall–Kier alpha value is -1.86. The lowest BCUT2D eigenvalue weighted by atomic mass is 10.1. The summed E-state index contributed by atoms with van der Waals surface area (Å²) in [6, 6.07) is 8.57. The third kappa shape index (κ3) is 2.61. The highest BCUT2D eigenvalue weighted by molar-refractivity contribution is 5.72. The number of rotatable bonds is 5. The molecule has 1 fully saturated rings. The zero-order valence-corrected chi connectivity index (χ0v) is 11.1. The first-order valence-corrected chi connectivity index (χ1v) is 6.63. The van der Waals surface area contributed by atoms with Gasteiger partial charge in [0.2, 0.25) is 0 Å². The Morgan fingerprint density at radius 2 is 2.32 bits per heavy atom. The molecule has 4 nitrogen and oxygen atoms in total. The van der Waals surface area contributed by atoms with Crippen molar-refractivity contribution in [2.45, 2.75) is 19.3 Å². The average molecular weight is 255 g/mol. The SMILES string of the molecule is CN(CCc1ccc2ncoc2c1)CC1(C#N)CC1. The quantitative estimate of drug-likeness (QED) is 0.824. The third-order valence-electron chi connectivity index (χ3n) is 3.84. The van der Waals surface area contributed by atoms with Crippen molar-refractivity contribution in [2.75, 3.05) is 20.1 Å². The van der Waals surface area contributed by atoms with Gasteiger partial charge in [0.25, 0.3) is 0 Å². The minimum Gasteiger partial charge on any atom is -0.443 e. The predicted molar refractivity (Wildman–Crippen MR) is 72.5 cm³/mol. The molecule has 0 atom stereocenters. The summed E-state index contributed by atoms with van der Waals surface area (Å²) in [5.74, 6) is 0. The Labute approximate surface area is 112 Å². The third-order valence-corrected chi connectivity index (χ3v) is 3.84. The highest BCUT2D eigenvalue weighted by atomic mass is 16.3. The van der Waals surface area contributed by atoms with Crippen molar-refractivity contribution in [1.82, 2.24) is 9.88 Å². The molecule has 3 rings (SSSR count). The molecule has 0 aliphatic heterocycles. The van der Waals surface area contributed by atoms with Crippen molar-refractivity contribution in [2.24, 2.45) is 5.41 Å². The summed E-state index contributed by atoms with van der Waals surface area (Å²) in [5.41, 5.74) is 2.94. The van der Waals surface area contributed by atoms with Crippen LogP contribution in [0.15, 0.2) is 29.0 Å². The van der Waals surface area contributed by atoms with Crippen molar-refractivity contribution in [3.63, 3.8) is 0 Å². The molecule has 0 spiro atoms. The topological polar surface area (TPSA) is 53.1 Å². The summed E-state index contributed by atoms with van der Waals surface area (Å²) in [6.07, 6.45) is 4.55. The fourth-order valence-corrected chi connectivity index (χ4v) is 2.43. The molecule has 2 aromatic rings. The largest absolute Gasteiger partial charge is 0.443 e. The Balaban J connectivity index is 1.58. The second kappa shape index (κ2) is 4.67. The Morgan fingerprint density at radius 1 is 1.47 bits per heavy atom. The molecular weight excluding hydrogens is 238 g/mol. The molecule has 98 valence electrons. The fourth-order valence-electron chi connectivity index (χ4n) is 2.43. The van der Waals surface area contributed by atoms with Gasteiger partial charge in [-0.15, -0.1) is 0 Å². The van der Waals surface area contributed by atoms with Gasteiger partial charge in [0, 0.05) is 13.1 Å². The van der Waals surface area contributed by atoms with Gasteiger partial charge in [-0.3, -0.25) is 0 Å². The second-order valence-corrected chi connectivity index (χ2v) is 5.53. The molecule has 1 saturated carbocycles. The second-order valence-electron chi connectivity index (χ2n) is 5.53. The molecule has 1 aliphatic carbocycles. The molecule has 1 aromatic heterocycles. The van der Waals surface area contributed by atoms with Gasteiger partial charge in [-0.25, -0.2) is 4.98 Å². The van der Waals surface area contributed by atoms with Crippen LogP contribution >= 0.6 is 0 Å². The molecule has 0 amide bonds. The maximum absolute atomic E-state index is 9.09. The maximum atomic E-state index is 9.09. The van der Waals surface area contributed by atoms with Gasteiger partial charge in [-0.1, -0.05) is 6.07 Å². The number of nitriles is 1. The van der Waals surface area contributed by atoms with Crippen LogP contribution in [0.5, 0.6) is 0 Å². The lowest BCUT2D eigenvalue weighted by molar-refractivity contribution is 0.297. The Kier molecular flexibility index (Phi) is 3.00. The molecule has 1 heterocycles. The highest BCUT2D eigenvalue weighted by Gasteiger charge is 2.43. The summed E-state index contributed by atoms with van der Waals surface area (Å²) in [4.78, 5) is 6.36. The van der Waals surface area contributed by atoms with Gasteiger partial charge in [-0.2, -0.15) is 5.26 Å². The van der Waals surface area contributed by atoms with Crippen LogP contribution in [0.1, 0.15) is 18.4 Å². The van der Waals surface area contributed by atoms with Gasteiger partial charge in [0.1, 0.15) is 5.52 Å². The van der Waals surface area contributed by atoms with Crippen molar-refractivity contribution in [3.05, 3.63) is 30.2 Å². The van der Waals surface area contributed by atoms with Crippen molar-refractivity contribution in [1.29, 1.82) is 5.26 Å². The van der Waals surface area contributed by atoms with Crippen molar-refractivity contribution < 1.29 is 4.42 Å². The van der Waals surface area contributed by atoms with Crippen LogP contribution in [-0.2, 0) is 6.42 Å². The van der Waals surface area contributed by atoms with Crippen LogP contribution < -0.4 is 0 Å². The summed E-state index contributed by atoms with van der Waals surface area (Å²) in [6.45, 7) is 1.84. The van der Waals surface area contributed by atoms with E-state index >= 15 is 0 Å². The Bertz CT molecular complexity index is 622. The molecule has 0 N–H and O–H groups in total. The van der Waals surface area contributed by atoms with Crippen LogP contribution in [0.4, 0.5) is 0 Å². The van der Waals surface area contributed by atoms with E-state index in [9.17, 15) is 0 Å². The van der Waals surface area contributed by atoms with E-state index in [1.807, 2.05) is 12.1 Å². The fraction of sp³-hybridized carbons (Fsp3) is 0.467. The van der Waals surface area contributed by atoms with Crippen molar-refractivity contribution >= 4 is 11.1 Å². The first-order chi connectivity index (χ1) is 9.21. The molecule has 0 radical (unpaired) electrons. The molecule has 1 aliphatic rings. The number of nitrogens with zero attached hydrogens (tertiary/aromatic N) is 3. The van der Waals surface area contributed by atoms with Gasteiger partial charge in [0.05, 0.1) is 11.5 Å². The van der Waals surface area contributed by atoms with Gasteiger partial charge >= 0.3 is 0 Å². The number of fused-ring (bicyclic) bond motifs is 1. The minimum absolute atomic E-state index is 0.0519. The first-order valence-electron chi connectivity index (χ1n) is 6.63. The molecular formula is C15H17N3O. The number of benzene rings is 1. The first kappa shape index (κ1) is 12.2. The van der Waals surface area contributed by atoms with E-state index in [0.717, 1.165) is 43.5 Å². The summed E-state index contributed by atoms with van der Waals surface area (Å²) < 4.78 is 5.31. The highest BCUT2D eigenvalue weighted by Crippen LogP contribution is 2.45. The number of hydrogen-bond acceptors (Lipinski definition) is 4. The smallest absolute Gasteiger partial charge is 0.181 e. The summed E-state index contributed by atoms with van der Waals surface area (Å²) in [5, 5.41) is 9.09. The van der Waals surface area contributed by atoms with E-state index < -0.39 is 0 Å². The molecule has 0 bridgehead atoms. The number of hydrogen-bond donors (Lipinski definition) is 0. The van der Waals surface area contributed by atoms with E-state index in [0.29, 0.717) is 0 Å². The normalized spacial score (nSPS) is 16.7. The standard InChI is InChI=1S/C15H17N3O/c1-18(10-15(9-16)5-6-15)7-4-12-2-3-13-14(8-12)19-11-17-13/h2-3,8,11H,4-7,10H2,1H3. The van der Waals surface area contributed by atoms with Crippen LogP contribution in [0.2, 0.25) is 0 Å². The van der Waals surface area contributed by atoms with Gasteiger partial charge < -0.3 is 9.32 Å². The zero-order valence-electron chi connectivity index (χ0n) is 11.1. The van der Waals surface area contributed by atoms with E-state index in [-0.39, 0.29) is 5.41 Å². The lowest BCUT2D eigenvalue weighted by Gasteiger charge is -2.19. The Morgan fingerprint density at radius 3 is 3.05 bits per heavy atom. The van der Waals surface area contributed by atoms with E-state index in [4.69, 9.17) is 9.68 Å². The van der Waals surface area contributed by atoms with Crippen LogP contribution in [0.25, 0.3) is 11.1 Å². The number of aromatic nitrogens is 1. The van der Waals surface area contributed by atoms with Crippen LogP contribution in [0, 0.1) is 16.7 Å². The van der Waals surface area contributed by atoms with Gasteiger partial charge in [0.15, 0.2) is 12.0 Å². The summed E-state index contributed by atoms with van der Waals surface area (Å²) in [7, 11) is 2.09.